The van der Waals surface area contributed by atoms with Gasteiger partial charge in [-0.25, -0.2) is 5.01 Å². The Hall–Kier alpha value is -0.830. The molecule has 2 nitrogen and oxygen atoms in total. The predicted molar refractivity (Wildman–Crippen MR) is 58.3 cm³/mol. The van der Waals surface area contributed by atoms with Crippen LogP contribution in [0.4, 0.5) is 0 Å². The van der Waals surface area contributed by atoms with Crippen molar-refractivity contribution in [2.24, 2.45) is 11.0 Å². The molecule has 0 aromatic heterocycles. The van der Waals surface area contributed by atoms with E-state index in [-0.39, 0.29) is 0 Å². The summed E-state index contributed by atoms with van der Waals surface area (Å²) in [5.74, 6) is 0.566. The van der Waals surface area contributed by atoms with Crippen LogP contribution in [-0.4, -0.2) is 11.2 Å². The number of rotatable bonds is 0. The van der Waals surface area contributed by atoms with Crippen LogP contribution in [0.25, 0.3) is 0 Å². The first-order valence-corrected chi connectivity index (χ1v) is 5.15. The first-order valence-electron chi connectivity index (χ1n) is 4.35. The van der Waals surface area contributed by atoms with Gasteiger partial charge in [-0.05, 0) is 46.5 Å². The van der Waals surface area contributed by atoms with Crippen molar-refractivity contribution < 1.29 is 0 Å². The molecule has 68 valence electrons. The van der Waals surface area contributed by atoms with Gasteiger partial charge < -0.3 is 0 Å². The number of hydrogen-bond donors (Lipinski definition) is 0. The Labute approximate surface area is 86.4 Å². The number of hydrogen-bond acceptors (Lipinski definition) is 2. The van der Waals surface area contributed by atoms with E-state index >= 15 is 0 Å². The topological polar surface area (TPSA) is 15.6 Å². The second kappa shape index (κ2) is 3.50. The highest BCUT2D eigenvalue weighted by atomic mass is 79.9. The first-order chi connectivity index (χ1) is 6.27. The Bertz CT molecular complexity index is 326. The zero-order valence-corrected chi connectivity index (χ0v) is 9.03. The molecule has 3 heteroatoms. The molecule has 13 heavy (non-hydrogen) atoms. The summed E-state index contributed by atoms with van der Waals surface area (Å²) in [5.41, 5.74) is 1.15. The van der Waals surface area contributed by atoms with Crippen molar-refractivity contribution in [3.63, 3.8) is 0 Å². The molecular formula is C10H11BrN2. The lowest BCUT2D eigenvalue weighted by Gasteiger charge is -2.19. The summed E-state index contributed by atoms with van der Waals surface area (Å²) < 4.78 is 1.03. The minimum atomic E-state index is 0.566. The van der Waals surface area contributed by atoms with Crippen LogP contribution in [0.3, 0.4) is 0 Å². The number of nitrogens with zero attached hydrogens (tertiary/aromatic N) is 2. The van der Waals surface area contributed by atoms with Crippen LogP contribution in [0.5, 0.6) is 0 Å². The van der Waals surface area contributed by atoms with Crippen molar-refractivity contribution in [3.05, 3.63) is 34.6 Å². The Morgan fingerprint density at radius 3 is 3.31 bits per heavy atom. The molecule has 0 N–H and O–H groups in total. The Morgan fingerprint density at radius 2 is 2.46 bits per heavy atom. The molecule has 2 aliphatic heterocycles. The normalized spacial score (nSPS) is 26.3. The van der Waals surface area contributed by atoms with Crippen LogP contribution in [-0.2, 0) is 0 Å². The van der Waals surface area contributed by atoms with Gasteiger partial charge in [-0.15, -0.1) is 0 Å². The van der Waals surface area contributed by atoms with E-state index in [1.54, 1.807) is 6.21 Å². The summed E-state index contributed by atoms with van der Waals surface area (Å²) in [7, 11) is 0. The van der Waals surface area contributed by atoms with E-state index in [9.17, 15) is 0 Å². The zero-order valence-electron chi connectivity index (χ0n) is 7.44. The molecule has 1 atom stereocenters. The van der Waals surface area contributed by atoms with Crippen LogP contribution in [0.15, 0.2) is 39.7 Å². The van der Waals surface area contributed by atoms with Crippen molar-refractivity contribution in [3.8, 4) is 0 Å². The Balaban J connectivity index is 2.37. The molecule has 0 saturated carbocycles. The Kier molecular flexibility index (Phi) is 2.36. The quantitative estimate of drug-likeness (QED) is 0.593. The van der Waals surface area contributed by atoms with E-state index in [1.165, 1.54) is 0 Å². The molecule has 0 aliphatic carbocycles. The molecule has 2 aliphatic rings. The monoisotopic (exact) mass is 238 g/mol. The minimum Gasteiger partial charge on any atom is -0.227 e. The smallest absolute Gasteiger partial charge is 0.104 e. The van der Waals surface area contributed by atoms with Gasteiger partial charge in [-0.1, -0.05) is 13.0 Å². The Morgan fingerprint density at radius 1 is 1.62 bits per heavy atom. The third kappa shape index (κ3) is 1.75. The average molecular weight is 239 g/mol. The molecule has 0 aromatic carbocycles. The molecule has 0 saturated heterocycles. The largest absolute Gasteiger partial charge is 0.227 e. The number of fused-ring (bicyclic) bond motifs is 1. The summed E-state index contributed by atoms with van der Waals surface area (Å²) in [5, 5.41) is 6.17. The van der Waals surface area contributed by atoms with E-state index in [4.69, 9.17) is 0 Å². The zero-order chi connectivity index (χ0) is 9.26. The summed E-state index contributed by atoms with van der Waals surface area (Å²) in [6, 6.07) is 0. The van der Waals surface area contributed by atoms with Crippen LogP contribution in [0.1, 0.15) is 13.3 Å². The molecule has 1 unspecified atom stereocenters. The second-order valence-corrected chi connectivity index (χ2v) is 4.08. The standard InChI is InChI=1S/C10H11BrN2/c1-8-4-5-9-3-2-6-12-13(9)10(11)7-8/h2-3,5-8H,4H2,1H3. The highest BCUT2D eigenvalue weighted by molar-refractivity contribution is 9.11. The summed E-state index contributed by atoms with van der Waals surface area (Å²) >= 11 is 3.52. The maximum atomic E-state index is 4.26. The molecule has 2 heterocycles. The van der Waals surface area contributed by atoms with Crippen molar-refractivity contribution in [2.45, 2.75) is 13.3 Å². The highest BCUT2D eigenvalue weighted by Crippen LogP contribution is 2.28. The van der Waals surface area contributed by atoms with Crippen molar-refractivity contribution in [2.75, 3.05) is 0 Å². The van der Waals surface area contributed by atoms with Gasteiger partial charge in [0.2, 0.25) is 0 Å². The number of halogens is 1. The van der Waals surface area contributed by atoms with Crippen LogP contribution < -0.4 is 0 Å². The average Bonchev–Trinajstić information content (AvgIpc) is 2.27. The lowest BCUT2D eigenvalue weighted by molar-refractivity contribution is 0.504. The second-order valence-electron chi connectivity index (χ2n) is 3.27. The SMILES string of the molecule is CC1C=C(Br)N2N=CC=CC2=CC1. The van der Waals surface area contributed by atoms with Crippen LogP contribution >= 0.6 is 15.9 Å². The summed E-state index contributed by atoms with van der Waals surface area (Å²) in [4.78, 5) is 0. The van der Waals surface area contributed by atoms with E-state index in [0.29, 0.717) is 5.92 Å². The number of allylic oxidation sites excluding steroid dienone is 4. The maximum absolute atomic E-state index is 4.26. The van der Waals surface area contributed by atoms with Crippen molar-refractivity contribution in [1.29, 1.82) is 0 Å². The van der Waals surface area contributed by atoms with Crippen molar-refractivity contribution >= 4 is 22.1 Å². The van der Waals surface area contributed by atoms with E-state index in [2.05, 4.69) is 46.2 Å². The van der Waals surface area contributed by atoms with E-state index in [1.807, 2.05) is 11.1 Å². The summed E-state index contributed by atoms with van der Waals surface area (Å²) in [6.45, 7) is 2.20. The van der Waals surface area contributed by atoms with Gasteiger partial charge in [0.05, 0.1) is 5.70 Å². The number of hydrazone groups is 1. The maximum Gasteiger partial charge on any atom is 0.104 e. The molecule has 0 aromatic rings. The lowest BCUT2D eigenvalue weighted by Crippen LogP contribution is -2.13. The van der Waals surface area contributed by atoms with Crippen molar-refractivity contribution in [1.82, 2.24) is 5.01 Å². The molecule has 0 fully saturated rings. The minimum absolute atomic E-state index is 0.566. The van der Waals surface area contributed by atoms with Crippen LogP contribution in [0, 0.1) is 5.92 Å². The fourth-order valence-corrected chi connectivity index (χ4v) is 2.14. The molecule has 2 rings (SSSR count). The van der Waals surface area contributed by atoms with Gasteiger partial charge in [-0.2, -0.15) is 5.10 Å². The predicted octanol–water partition coefficient (Wildman–Crippen LogP) is 3.00. The van der Waals surface area contributed by atoms with Gasteiger partial charge in [0, 0.05) is 6.21 Å². The molecule has 0 amide bonds. The van der Waals surface area contributed by atoms with Gasteiger partial charge in [0.1, 0.15) is 4.61 Å². The van der Waals surface area contributed by atoms with Gasteiger partial charge in [0.25, 0.3) is 0 Å². The van der Waals surface area contributed by atoms with E-state index < -0.39 is 0 Å². The van der Waals surface area contributed by atoms with Gasteiger partial charge >= 0.3 is 0 Å². The highest BCUT2D eigenvalue weighted by Gasteiger charge is 2.15. The lowest BCUT2D eigenvalue weighted by atomic mass is 10.1. The third-order valence-corrected chi connectivity index (χ3v) is 2.70. The third-order valence-electron chi connectivity index (χ3n) is 2.10. The summed E-state index contributed by atoms with van der Waals surface area (Å²) in [6.07, 6.45) is 11.3. The first kappa shape index (κ1) is 8.75. The van der Waals surface area contributed by atoms with Crippen LogP contribution in [0.2, 0.25) is 0 Å². The molecular weight excluding hydrogens is 228 g/mol. The molecule has 0 bridgehead atoms. The van der Waals surface area contributed by atoms with E-state index in [0.717, 1.165) is 16.7 Å². The molecule has 0 radical (unpaired) electrons. The fraction of sp³-hybridized carbons (Fsp3) is 0.300. The fourth-order valence-electron chi connectivity index (χ4n) is 1.40. The van der Waals surface area contributed by atoms with Gasteiger partial charge in [0.15, 0.2) is 0 Å². The van der Waals surface area contributed by atoms with Gasteiger partial charge in [-0.3, -0.25) is 0 Å². The molecule has 0 spiro atoms.